The molecule has 2 aromatic carbocycles. The second-order valence-electron chi connectivity index (χ2n) is 9.41. The van der Waals surface area contributed by atoms with Gasteiger partial charge in [-0.1, -0.05) is 77.1 Å². The number of carbonyl (C=O) groups excluding carboxylic acids is 1. The van der Waals surface area contributed by atoms with E-state index >= 15 is 0 Å². The molecule has 142 valence electrons. The first kappa shape index (κ1) is 19.6. The fourth-order valence-corrected chi connectivity index (χ4v) is 4.47. The highest BCUT2D eigenvalue weighted by Gasteiger charge is 2.37. The van der Waals surface area contributed by atoms with E-state index in [0.717, 1.165) is 11.8 Å². The van der Waals surface area contributed by atoms with Crippen LogP contribution in [0, 0.1) is 6.92 Å². The Hall–Kier alpha value is -2.15. The van der Waals surface area contributed by atoms with Crippen molar-refractivity contribution >= 4 is 12.4 Å². The van der Waals surface area contributed by atoms with Gasteiger partial charge in [0.25, 0.3) is 0 Å². The van der Waals surface area contributed by atoms with Crippen LogP contribution >= 0.6 is 0 Å². The Morgan fingerprint density at radius 2 is 1.59 bits per heavy atom. The van der Waals surface area contributed by atoms with E-state index in [4.69, 9.17) is 0 Å². The summed E-state index contributed by atoms with van der Waals surface area (Å²) in [6, 6.07) is 13.4. The number of hydrogen-bond acceptors (Lipinski definition) is 1. The van der Waals surface area contributed by atoms with Crippen molar-refractivity contribution in [3.63, 3.8) is 0 Å². The van der Waals surface area contributed by atoms with Gasteiger partial charge in [0.15, 0.2) is 0 Å². The Morgan fingerprint density at radius 1 is 0.963 bits per heavy atom. The van der Waals surface area contributed by atoms with Crippen molar-refractivity contribution in [2.45, 2.75) is 71.1 Å². The molecular formula is C26H32O. The van der Waals surface area contributed by atoms with Gasteiger partial charge in [-0.3, -0.25) is 4.79 Å². The number of fused-ring (bicyclic) bond motifs is 1. The fraction of sp³-hybridized carbons (Fsp3) is 0.423. The molecule has 0 fully saturated rings. The molecule has 1 aliphatic rings. The summed E-state index contributed by atoms with van der Waals surface area (Å²) >= 11 is 0. The monoisotopic (exact) mass is 360 g/mol. The lowest BCUT2D eigenvalue weighted by atomic mass is 9.62. The van der Waals surface area contributed by atoms with Crippen molar-refractivity contribution in [1.29, 1.82) is 0 Å². The zero-order valence-electron chi connectivity index (χ0n) is 17.6. The third-order valence-corrected chi connectivity index (χ3v) is 6.48. The maximum Gasteiger partial charge on any atom is 0.142 e. The topological polar surface area (TPSA) is 17.1 Å². The van der Waals surface area contributed by atoms with Crippen LogP contribution in [0.15, 0.2) is 42.5 Å². The third-order valence-electron chi connectivity index (χ3n) is 6.48. The van der Waals surface area contributed by atoms with Crippen LogP contribution in [0.4, 0.5) is 0 Å². The van der Waals surface area contributed by atoms with E-state index < -0.39 is 0 Å². The number of hydrogen-bond donors (Lipinski definition) is 0. The Labute approximate surface area is 164 Å². The van der Waals surface area contributed by atoms with Crippen LogP contribution in [0.25, 0.3) is 6.08 Å². The van der Waals surface area contributed by atoms with E-state index in [1.54, 1.807) is 6.08 Å². The van der Waals surface area contributed by atoms with E-state index in [9.17, 15) is 4.79 Å². The van der Waals surface area contributed by atoms with E-state index in [0.29, 0.717) is 5.92 Å². The molecule has 0 spiro atoms. The van der Waals surface area contributed by atoms with Crippen molar-refractivity contribution in [2.75, 3.05) is 0 Å². The summed E-state index contributed by atoms with van der Waals surface area (Å²) in [6.07, 6.45) is 6.73. The maximum absolute atomic E-state index is 10.6. The lowest BCUT2D eigenvalue weighted by Gasteiger charge is -2.42. The number of benzene rings is 2. The molecule has 0 amide bonds. The van der Waals surface area contributed by atoms with Gasteiger partial charge >= 0.3 is 0 Å². The summed E-state index contributed by atoms with van der Waals surface area (Å²) in [7, 11) is 0. The second kappa shape index (κ2) is 7.11. The minimum Gasteiger partial charge on any atom is -0.299 e. The summed E-state index contributed by atoms with van der Waals surface area (Å²) in [4.78, 5) is 10.6. The Bertz CT molecular complexity index is 883. The molecule has 0 radical (unpaired) electrons. The molecule has 1 atom stereocenters. The SMILES string of the molecule is Cc1cc2c(cc1C(C)c1cccc(/C=C/C=O)c1)C(C)(C)CCC2(C)C. The van der Waals surface area contributed by atoms with Crippen LogP contribution in [-0.4, -0.2) is 6.29 Å². The zero-order chi connectivity index (χ0) is 19.8. The number of aldehydes is 1. The van der Waals surface area contributed by atoms with Gasteiger partial charge in [-0.05, 0) is 70.1 Å². The Morgan fingerprint density at radius 3 is 2.22 bits per heavy atom. The molecule has 0 saturated carbocycles. The molecular weight excluding hydrogens is 328 g/mol. The van der Waals surface area contributed by atoms with Crippen LogP contribution in [-0.2, 0) is 15.6 Å². The molecule has 27 heavy (non-hydrogen) atoms. The summed E-state index contributed by atoms with van der Waals surface area (Å²) < 4.78 is 0. The smallest absolute Gasteiger partial charge is 0.142 e. The molecule has 1 nitrogen and oxygen atoms in total. The standard InChI is InChI=1S/C26H32O/c1-18-15-23-24(26(5,6)13-12-25(23,3)4)17-22(18)19(2)21-11-7-9-20(16-21)10-8-14-27/h7-11,14-17,19H,12-13H2,1-6H3/b10-8+. The summed E-state index contributed by atoms with van der Waals surface area (Å²) in [5.74, 6) is 0.320. The molecule has 0 aliphatic heterocycles. The van der Waals surface area contributed by atoms with Gasteiger partial charge in [-0.25, -0.2) is 0 Å². The summed E-state index contributed by atoms with van der Waals surface area (Å²) in [5.41, 5.74) is 8.66. The van der Waals surface area contributed by atoms with E-state index in [1.807, 2.05) is 12.1 Å². The molecule has 3 rings (SSSR count). The predicted molar refractivity (Wildman–Crippen MR) is 116 cm³/mol. The lowest BCUT2D eigenvalue weighted by Crippen LogP contribution is -2.34. The van der Waals surface area contributed by atoms with Crippen molar-refractivity contribution in [1.82, 2.24) is 0 Å². The van der Waals surface area contributed by atoms with Crippen LogP contribution in [0.1, 0.15) is 86.8 Å². The number of allylic oxidation sites excluding steroid dienone is 1. The second-order valence-corrected chi connectivity index (χ2v) is 9.41. The third kappa shape index (κ3) is 3.78. The average Bonchev–Trinajstić information content (AvgIpc) is 2.63. The highest BCUT2D eigenvalue weighted by atomic mass is 16.1. The van der Waals surface area contributed by atoms with Crippen molar-refractivity contribution in [2.24, 2.45) is 0 Å². The van der Waals surface area contributed by atoms with Gasteiger partial charge in [-0.2, -0.15) is 0 Å². The van der Waals surface area contributed by atoms with E-state index in [2.05, 4.69) is 71.9 Å². The molecule has 0 aromatic heterocycles. The molecule has 1 heteroatoms. The van der Waals surface area contributed by atoms with Crippen molar-refractivity contribution in [3.8, 4) is 0 Å². The molecule has 0 saturated heterocycles. The highest BCUT2D eigenvalue weighted by molar-refractivity contribution is 5.74. The summed E-state index contributed by atoms with van der Waals surface area (Å²) in [6.45, 7) is 14.1. The van der Waals surface area contributed by atoms with Gasteiger partial charge in [-0.15, -0.1) is 0 Å². The molecule has 1 unspecified atom stereocenters. The van der Waals surface area contributed by atoms with Gasteiger partial charge in [0.2, 0.25) is 0 Å². The molecule has 2 aromatic rings. The highest BCUT2D eigenvalue weighted by Crippen LogP contribution is 2.47. The van der Waals surface area contributed by atoms with Crippen LogP contribution < -0.4 is 0 Å². The van der Waals surface area contributed by atoms with Crippen molar-refractivity contribution in [3.05, 3.63) is 75.9 Å². The lowest BCUT2D eigenvalue weighted by molar-refractivity contribution is -0.104. The first-order valence-electron chi connectivity index (χ1n) is 10.0. The first-order chi connectivity index (χ1) is 12.7. The van der Waals surface area contributed by atoms with E-state index in [-0.39, 0.29) is 10.8 Å². The normalized spacial score (nSPS) is 18.9. The Kier molecular flexibility index (Phi) is 5.16. The largest absolute Gasteiger partial charge is 0.299 e. The first-order valence-corrected chi connectivity index (χ1v) is 10.0. The number of aryl methyl sites for hydroxylation is 1. The maximum atomic E-state index is 10.6. The fourth-order valence-electron chi connectivity index (χ4n) is 4.47. The molecule has 1 aliphatic carbocycles. The predicted octanol–water partition coefficient (Wildman–Crippen LogP) is 6.71. The quantitative estimate of drug-likeness (QED) is 0.437. The molecule has 0 bridgehead atoms. The minimum atomic E-state index is 0.224. The minimum absolute atomic E-state index is 0.224. The van der Waals surface area contributed by atoms with Gasteiger partial charge < -0.3 is 0 Å². The molecule has 0 heterocycles. The van der Waals surface area contributed by atoms with E-state index in [1.165, 1.54) is 40.7 Å². The molecule has 0 N–H and O–H groups in total. The number of rotatable bonds is 4. The van der Waals surface area contributed by atoms with Crippen LogP contribution in [0.5, 0.6) is 0 Å². The summed E-state index contributed by atoms with van der Waals surface area (Å²) in [5, 5.41) is 0. The number of carbonyl (C=O) groups is 1. The Balaban J connectivity index is 2.08. The van der Waals surface area contributed by atoms with Gasteiger partial charge in [0.05, 0.1) is 0 Å². The van der Waals surface area contributed by atoms with Crippen LogP contribution in [0.3, 0.4) is 0 Å². The van der Waals surface area contributed by atoms with Crippen molar-refractivity contribution < 1.29 is 4.79 Å². The van der Waals surface area contributed by atoms with Gasteiger partial charge in [0, 0.05) is 5.92 Å². The van der Waals surface area contributed by atoms with Gasteiger partial charge in [0.1, 0.15) is 6.29 Å². The zero-order valence-corrected chi connectivity index (χ0v) is 17.6. The van der Waals surface area contributed by atoms with Crippen LogP contribution in [0.2, 0.25) is 0 Å². The average molecular weight is 361 g/mol.